The van der Waals surface area contributed by atoms with E-state index in [2.05, 4.69) is 19.9 Å². The molecule has 6 nitrogen and oxygen atoms in total. The number of hydrogen-bond acceptors (Lipinski definition) is 5. The van der Waals surface area contributed by atoms with Crippen LogP contribution in [0.1, 0.15) is 5.56 Å². The molecule has 0 amide bonds. The molecule has 2 heterocycles. The van der Waals surface area contributed by atoms with E-state index >= 15 is 0 Å². The second kappa shape index (κ2) is 4.16. The molecule has 0 unspecified atom stereocenters. The summed E-state index contributed by atoms with van der Waals surface area (Å²) in [5.74, 6) is 0.0404. The molecule has 0 atom stereocenters. The van der Waals surface area contributed by atoms with Gasteiger partial charge < -0.3 is 10.1 Å². The number of benzene rings is 1. The predicted octanol–water partition coefficient (Wildman–Crippen LogP) is 1.39. The Bertz CT molecular complexity index is 826. The first kappa shape index (κ1) is 11.3. The van der Waals surface area contributed by atoms with Crippen molar-refractivity contribution >= 4 is 11.0 Å². The summed E-state index contributed by atoms with van der Waals surface area (Å²) >= 11 is 0. The quantitative estimate of drug-likeness (QED) is 0.684. The lowest BCUT2D eigenvalue weighted by molar-refractivity contribution is 0.447. The molecule has 0 spiro atoms. The van der Waals surface area contributed by atoms with Crippen LogP contribution in [0.3, 0.4) is 0 Å². The third-order valence-corrected chi connectivity index (χ3v) is 2.87. The zero-order valence-corrected chi connectivity index (χ0v) is 10.1. The van der Waals surface area contributed by atoms with Crippen molar-refractivity contribution in [1.29, 1.82) is 0 Å². The highest BCUT2D eigenvalue weighted by Crippen LogP contribution is 2.20. The Hall–Kier alpha value is -2.76. The van der Waals surface area contributed by atoms with Gasteiger partial charge in [0.25, 0.3) is 5.56 Å². The van der Waals surface area contributed by atoms with Gasteiger partial charge in [0.1, 0.15) is 5.82 Å². The smallest absolute Gasteiger partial charge is 0.257 e. The average molecular weight is 254 g/mol. The van der Waals surface area contributed by atoms with E-state index in [0.717, 1.165) is 5.52 Å². The molecule has 0 saturated carbocycles. The van der Waals surface area contributed by atoms with Crippen LogP contribution in [-0.4, -0.2) is 25.0 Å². The van der Waals surface area contributed by atoms with E-state index in [1.807, 2.05) is 0 Å². The van der Waals surface area contributed by atoms with Crippen LogP contribution >= 0.6 is 0 Å². The highest BCUT2D eigenvalue weighted by Gasteiger charge is 2.08. The second-order valence-corrected chi connectivity index (χ2v) is 4.12. The molecule has 0 aliphatic carbocycles. The van der Waals surface area contributed by atoms with Gasteiger partial charge in [-0.3, -0.25) is 14.8 Å². The number of nitrogens with zero attached hydrogens (tertiary/aromatic N) is 3. The van der Waals surface area contributed by atoms with E-state index in [1.54, 1.807) is 30.6 Å². The third-order valence-electron chi connectivity index (χ3n) is 2.87. The van der Waals surface area contributed by atoms with Gasteiger partial charge in [0.2, 0.25) is 5.88 Å². The molecule has 19 heavy (non-hydrogen) atoms. The van der Waals surface area contributed by atoms with Crippen LogP contribution in [0.15, 0.2) is 35.4 Å². The van der Waals surface area contributed by atoms with E-state index in [4.69, 9.17) is 0 Å². The molecule has 0 radical (unpaired) electrons. The van der Waals surface area contributed by atoms with E-state index < -0.39 is 0 Å². The summed E-state index contributed by atoms with van der Waals surface area (Å²) in [5.41, 5.74) is 1.96. The van der Waals surface area contributed by atoms with Crippen LogP contribution < -0.4 is 5.56 Å². The van der Waals surface area contributed by atoms with Crippen molar-refractivity contribution in [2.75, 3.05) is 0 Å². The monoisotopic (exact) mass is 254 g/mol. The minimum absolute atomic E-state index is 0.198. The molecule has 0 aliphatic rings. The van der Waals surface area contributed by atoms with Crippen LogP contribution in [0.2, 0.25) is 0 Å². The van der Waals surface area contributed by atoms with Crippen molar-refractivity contribution in [2.24, 2.45) is 0 Å². The average Bonchev–Trinajstić information content (AvgIpc) is 2.43. The summed E-state index contributed by atoms with van der Waals surface area (Å²) < 4.78 is 0. The topological polar surface area (TPSA) is 91.8 Å². The van der Waals surface area contributed by atoms with E-state index in [1.165, 1.54) is 6.92 Å². The first-order valence-corrected chi connectivity index (χ1v) is 5.66. The van der Waals surface area contributed by atoms with Crippen molar-refractivity contribution in [3.63, 3.8) is 0 Å². The lowest BCUT2D eigenvalue weighted by Gasteiger charge is -2.04. The number of fused-ring (bicyclic) bond motifs is 1. The minimum atomic E-state index is -0.359. The number of hydrogen-bond donors (Lipinski definition) is 2. The van der Waals surface area contributed by atoms with Gasteiger partial charge in [-0.15, -0.1) is 0 Å². The third kappa shape index (κ3) is 1.93. The first-order chi connectivity index (χ1) is 9.15. The van der Waals surface area contributed by atoms with Crippen molar-refractivity contribution in [1.82, 2.24) is 19.9 Å². The minimum Gasteiger partial charge on any atom is -0.493 e. The van der Waals surface area contributed by atoms with Gasteiger partial charge in [-0.1, -0.05) is 0 Å². The van der Waals surface area contributed by atoms with Gasteiger partial charge in [0.05, 0.1) is 16.6 Å². The number of nitrogens with one attached hydrogen (secondary N) is 1. The first-order valence-electron chi connectivity index (χ1n) is 5.66. The summed E-state index contributed by atoms with van der Waals surface area (Å²) in [4.78, 5) is 26.5. The molecule has 0 fully saturated rings. The van der Waals surface area contributed by atoms with Gasteiger partial charge in [-0.2, -0.15) is 4.98 Å². The molecule has 2 aromatic heterocycles. The molecule has 94 valence electrons. The maximum atomic E-state index is 11.6. The molecule has 2 N–H and O–H groups in total. The fourth-order valence-corrected chi connectivity index (χ4v) is 1.77. The van der Waals surface area contributed by atoms with Gasteiger partial charge in [0.15, 0.2) is 0 Å². The second-order valence-electron chi connectivity index (χ2n) is 4.12. The maximum absolute atomic E-state index is 11.6. The SMILES string of the molecule is Cc1c(O)nc(-c2ccc3nccnc3c2)[nH]c1=O. The summed E-state index contributed by atoms with van der Waals surface area (Å²) in [6, 6.07) is 5.31. The predicted molar refractivity (Wildman–Crippen MR) is 69.8 cm³/mol. The number of aromatic nitrogens is 4. The van der Waals surface area contributed by atoms with E-state index in [0.29, 0.717) is 16.9 Å². The molecule has 3 aromatic rings. The largest absolute Gasteiger partial charge is 0.493 e. The number of H-pyrrole nitrogens is 1. The molecule has 0 aliphatic heterocycles. The normalized spacial score (nSPS) is 10.8. The summed E-state index contributed by atoms with van der Waals surface area (Å²) in [7, 11) is 0. The van der Waals surface area contributed by atoms with Crippen LogP contribution in [-0.2, 0) is 0 Å². The lowest BCUT2D eigenvalue weighted by atomic mass is 10.2. The van der Waals surface area contributed by atoms with Gasteiger partial charge >= 0.3 is 0 Å². The fraction of sp³-hybridized carbons (Fsp3) is 0.0769. The Morgan fingerprint density at radius 1 is 1.16 bits per heavy atom. The van der Waals surface area contributed by atoms with E-state index in [-0.39, 0.29) is 17.0 Å². The van der Waals surface area contributed by atoms with E-state index in [9.17, 15) is 9.90 Å². The van der Waals surface area contributed by atoms with Crippen LogP contribution in [0.5, 0.6) is 5.88 Å². The van der Waals surface area contributed by atoms with Crippen molar-refractivity contribution in [3.8, 4) is 17.3 Å². The fourth-order valence-electron chi connectivity index (χ4n) is 1.77. The summed E-state index contributed by atoms with van der Waals surface area (Å²) in [6.45, 7) is 1.51. The molecule has 6 heteroatoms. The van der Waals surface area contributed by atoms with Crippen LogP contribution in [0.4, 0.5) is 0 Å². The number of aromatic amines is 1. The van der Waals surface area contributed by atoms with Crippen LogP contribution in [0, 0.1) is 6.92 Å². The van der Waals surface area contributed by atoms with Crippen molar-refractivity contribution in [3.05, 3.63) is 46.5 Å². The molecular formula is C13H10N4O2. The molecule has 1 aromatic carbocycles. The van der Waals surface area contributed by atoms with Crippen molar-refractivity contribution in [2.45, 2.75) is 6.92 Å². The van der Waals surface area contributed by atoms with Gasteiger partial charge in [0, 0.05) is 18.0 Å². The molecule has 0 saturated heterocycles. The van der Waals surface area contributed by atoms with Gasteiger partial charge in [-0.05, 0) is 25.1 Å². The van der Waals surface area contributed by atoms with Crippen LogP contribution in [0.25, 0.3) is 22.4 Å². The Kier molecular flexibility index (Phi) is 2.49. The Morgan fingerprint density at radius 2 is 1.89 bits per heavy atom. The summed E-state index contributed by atoms with van der Waals surface area (Å²) in [6.07, 6.45) is 3.20. The molecule has 3 rings (SSSR count). The maximum Gasteiger partial charge on any atom is 0.257 e. The standard InChI is InChI=1S/C13H10N4O2/c1-7-12(18)16-11(17-13(7)19)8-2-3-9-10(6-8)15-5-4-14-9/h2-6H,1H3,(H2,16,17,18,19). The lowest BCUT2D eigenvalue weighted by Crippen LogP contribution is -2.12. The highest BCUT2D eigenvalue weighted by atomic mass is 16.3. The van der Waals surface area contributed by atoms with Gasteiger partial charge in [-0.25, -0.2) is 0 Å². The van der Waals surface area contributed by atoms with Crippen molar-refractivity contribution < 1.29 is 5.11 Å². The summed E-state index contributed by atoms with van der Waals surface area (Å²) in [5, 5.41) is 9.60. The Morgan fingerprint density at radius 3 is 2.63 bits per heavy atom. The molecular weight excluding hydrogens is 244 g/mol. The number of rotatable bonds is 1. The zero-order chi connectivity index (χ0) is 13.4. The molecule has 0 bridgehead atoms. The Labute approximate surface area is 107 Å². The number of aromatic hydroxyl groups is 1. The highest BCUT2D eigenvalue weighted by molar-refractivity contribution is 5.79. The zero-order valence-electron chi connectivity index (χ0n) is 10.1. The Balaban J connectivity index is 2.22.